The van der Waals surface area contributed by atoms with E-state index in [4.69, 9.17) is 9.72 Å². The predicted molar refractivity (Wildman–Crippen MR) is 102 cm³/mol. The Bertz CT molecular complexity index is 666. The fourth-order valence-corrected chi connectivity index (χ4v) is 3.67. The summed E-state index contributed by atoms with van der Waals surface area (Å²) >= 11 is 0. The summed E-state index contributed by atoms with van der Waals surface area (Å²) in [5, 5.41) is 19.5. The molecule has 8 heteroatoms. The van der Waals surface area contributed by atoms with Gasteiger partial charge in [-0.2, -0.15) is 4.98 Å². The zero-order valence-electron chi connectivity index (χ0n) is 16.4. The Balaban J connectivity index is 1.90. The summed E-state index contributed by atoms with van der Waals surface area (Å²) < 4.78 is 5.44. The lowest BCUT2D eigenvalue weighted by atomic mass is 9.85. The van der Waals surface area contributed by atoms with E-state index in [0.29, 0.717) is 49.6 Å². The Morgan fingerprint density at radius 2 is 1.85 bits per heavy atom. The predicted octanol–water partition coefficient (Wildman–Crippen LogP) is 1.27. The third-order valence-corrected chi connectivity index (χ3v) is 5.78. The van der Waals surface area contributed by atoms with Crippen LogP contribution in [0.4, 0.5) is 11.8 Å². The molecule has 0 unspecified atom stereocenters. The van der Waals surface area contributed by atoms with Gasteiger partial charge in [0.1, 0.15) is 5.82 Å². The lowest BCUT2D eigenvalue weighted by Gasteiger charge is -2.36. The highest BCUT2D eigenvalue weighted by atomic mass is 16.5. The van der Waals surface area contributed by atoms with E-state index in [0.717, 1.165) is 25.9 Å². The SMILES string of the molecule is C[C@H](O)C1CCN(c2ncc(C(C)(C)C(=O)O)c(N3CCOCC3)n2)CC1. The van der Waals surface area contributed by atoms with Crippen LogP contribution in [0.3, 0.4) is 0 Å². The number of aliphatic carboxylic acids is 1. The second-order valence-electron chi connectivity index (χ2n) is 8.00. The molecule has 0 spiro atoms. The number of hydrogen-bond donors (Lipinski definition) is 2. The zero-order chi connectivity index (χ0) is 19.6. The fraction of sp³-hybridized carbons (Fsp3) is 0.737. The van der Waals surface area contributed by atoms with Crippen molar-refractivity contribution >= 4 is 17.7 Å². The van der Waals surface area contributed by atoms with Crippen molar-refractivity contribution in [1.29, 1.82) is 0 Å². The summed E-state index contributed by atoms with van der Waals surface area (Å²) in [5.74, 6) is 0.732. The molecule has 0 aromatic carbocycles. The third kappa shape index (κ3) is 4.16. The summed E-state index contributed by atoms with van der Waals surface area (Å²) in [6, 6.07) is 0. The first-order chi connectivity index (χ1) is 12.8. The highest BCUT2D eigenvalue weighted by Crippen LogP contribution is 2.33. The van der Waals surface area contributed by atoms with Crippen LogP contribution < -0.4 is 9.80 Å². The molecule has 150 valence electrons. The Kier molecular flexibility index (Phi) is 5.86. The van der Waals surface area contributed by atoms with Crippen LogP contribution in [-0.2, 0) is 14.9 Å². The fourth-order valence-electron chi connectivity index (χ4n) is 3.67. The second-order valence-corrected chi connectivity index (χ2v) is 8.00. The van der Waals surface area contributed by atoms with E-state index in [-0.39, 0.29) is 6.10 Å². The molecule has 3 heterocycles. The smallest absolute Gasteiger partial charge is 0.313 e. The average molecular weight is 378 g/mol. The molecule has 1 aromatic rings. The van der Waals surface area contributed by atoms with Crippen LogP contribution in [0.2, 0.25) is 0 Å². The Hall–Kier alpha value is -1.93. The molecule has 0 amide bonds. The lowest BCUT2D eigenvalue weighted by molar-refractivity contribution is -0.142. The Labute approximate surface area is 160 Å². The molecular weight excluding hydrogens is 348 g/mol. The first kappa shape index (κ1) is 19.8. The van der Waals surface area contributed by atoms with Crippen molar-refractivity contribution in [2.24, 2.45) is 5.92 Å². The molecule has 2 aliphatic rings. The minimum absolute atomic E-state index is 0.296. The largest absolute Gasteiger partial charge is 0.481 e. The number of nitrogens with zero attached hydrogens (tertiary/aromatic N) is 4. The number of rotatable bonds is 5. The molecule has 2 fully saturated rings. The molecule has 0 aliphatic carbocycles. The number of carboxylic acids is 1. The van der Waals surface area contributed by atoms with E-state index in [1.807, 2.05) is 6.92 Å². The molecule has 2 saturated heterocycles. The van der Waals surface area contributed by atoms with E-state index in [1.165, 1.54) is 0 Å². The van der Waals surface area contributed by atoms with Crippen LogP contribution in [0.5, 0.6) is 0 Å². The van der Waals surface area contributed by atoms with Crippen LogP contribution in [0.15, 0.2) is 6.20 Å². The van der Waals surface area contributed by atoms with Crippen molar-refractivity contribution in [1.82, 2.24) is 9.97 Å². The van der Waals surface area contributed by atoms with Crippen molar-refractivity contribution in [3.8, 4) is 0 Å². The Morgan fingerprint density at radius 3 is 2.41 bits per heavy atom. The summed E-state index contributed by atoms with van der Waals surface area (Å²) in [6.07, 6.45) is 3.17. The maximum atomic E-state index is 11.8. The van der Waals surface area contributed by atoms with Gasteiger partial charge in [0, 0.05) is 37.9 Å². The molecule has 0 saturated carbocycles. The molecule has 0 bridgehead atoms. The van der Waals surface area contributed by atoms with Gasteiger partial charge >= 0.3 is 5.97 Å². The molecule has 2 N–H and O–H groups in total. The van der Waals surface area contributed by atoms with Gasteiger partial charge in [0.15, 0.2) is 0 Å². The maximum absolute atomic E-state index is 11.8. The monoisotopic (exact) mass is 378 g/mol. The van der Waals surface area contributed by atoms with Gasteiger partial charge in [-0.05, 0) is 39.5 Å². The number of anilines is 2. The molecule has 27 heavy (non-hydrogen) atoms. The average Bonchev–Trinajstić information content (AvgIpc) is 2.68. The first-order valence-corrected chi connectivity index (χ1v) is 9.67. The van der Waals surface area contributed by atoms with Crippen LogP contribution in [0.1, 0.15) is 39.2 Å². The van der Waals surface area contributed by atoms with Gasteiger partial charge < -0.3 is 24.7 Å². The van der Waals surface area contributed by atoms with Gasteiger partial charge in [0.2, 0.25) is 5.95 Å². The lowest BCUT2D eigenvalue weighted by Crippen LogP contribution is -2.41. The van der Waals surface area contributed by atoms with Crippen LogP contribution in [-0.4, -0.2) is 71.6 Å². The number of aliphatic hydroxyl groups is 1. The molecular formula is C19H30N4O4. The number of aliphatic hydroxyl groups excluding tert-OH is 1. The van der Waals surface area contributed by atoms with Crippen molar-refractivity contribution < 1.29 is 19.7 Å². The number of carboxylic acid groups (broad SMARTS) is 1. The topological polar surface area (TPSA) is 99.0 Å². The van der Waals surface area contributed by atoms with E-state index in [2.05, 4.69) is 14.8 Å². The summed E-state index contributed by atoms with van der Waals surface area (Å²) in [4.78, 5) is 25.3. The van der Waals surface area contributed by atoms with Crippen LogP contribution >= 0.6 is 0 Å². The van der Waals surface area contributed by atoms with E-state index >= 15 is 0 Å². The van der Waals surface area contributed by atoms with Gasteiger partial charge in [-0.15, -0.1) is 0 Å². The van der Waals surface area contributed by atoms with E-state index in [1.54, 1.807) is 20.0 Å². The Morgan fingerprint density at radius 1 is 1.22 bits per heavy atom. The van der Waals surface area contributed by atoms with Gasteiger partial charge in [-0.1, -0.05) is 0 Å². The number of aromatic nitrogens is 2. The van der Waals surface area contributed by atoms with Crippen LogP contribution in [0.25, 0.3) is 0 Å². The van der Waals surface area contributed by atoms with Crippen molar-refractivity contribution in [2.75, 3.05) is 49.2 Å². The van der Waals surface area contributed by atoms with E-state index < -0.39 is 11.4 Å². The number of morpholine rings is 1. The van der Waals surface area contributed by atoms with Gasteiger partial charge in [-0.3, -0.25) is 4.79 Å². The van der Waals surface area contributed by atoms with Crippen molar-refractivity contribution in [3.05, 3.63) is 11.8 Å². The normalized spacial score (nSPS) is 20.6. The highest BCUT2D eigenvalue weighted by Gasteiger charge is 2.36. The van der Waals surface area contributed by atoms with Gasteiger partial charge in [0.25, 0.3) is 0 Å². The molecule has 1 atom stereocenters. The summed E-state index contributed by atoms with van der Waals surface area (Å²) in [6.45, 7) is 9.37. The molecule has 1 aromatic heterocycles. The number of piperidine rings is 1. The van der Waals surface area contributed by atoms with Gasteiger partial charge in [0.05, 0.1) is 24.7 Å². The minimum Gasteiger partial charge on any atom is -0.481 e. The van der Waals surface area contributed by atoms with Gasteiger partial charge in [-0.25, -0.2) is 4.98 Å². The minimum atomic E-state index is -1.08. The number of hydrogen-bond acceptors (Lipinski definition) is 7. The summed E-state index contributed by atoms with van der Waals surface area (Å²) in [7, 11) is 0. The quantitative estimate of drug-likeness (QED) is 0.790. The summed E-state index contributed by atoms with van der Waals surface area (Å²) in [5.41, 5.74) is -0.453. The third-order valence-electron chi connectivity index (χ3n) is 5.78. The molecule has 8 nitrogen and oxygen atoms in total. The zero-order valence-corrected chi connectivity index (χ0v) is 16.4. The molecule has 0 radical (unpaired) electrons. The van der Waals surface area contributed by atoms with Crippen LogP contribution in [0, 0.1) is 5.92 Å². The highest BCUT2D eigenvalue weighted by molar-refractivity contribution is 5.82. The number of carbonyl (C=O) groups is 1. The van der Waals surface area contributed by atoms with Crippen molar-refractivity contribution in [3.63, 3.8) is 0 Å². The number of ether oxygens (including phenoxy) is 1. The molecule has 2 aliphatic heterocycles. The standard InChI is InChI=1S/C19H30N4O4/c1-13(24)14-4-6-23(7-5-14)18-20-12-15(19(2,3)17(25)26)16(21-18)22-8-10-27-11-9-22/h12-14,24H,4-11H2,1-3H3,(H,25,26)/t13-/m0/s1. The first-order valence-electron chi connectivity index (χ1n) is 9.67. The maximum Gasteiger partial charge on any atom is 0.313 e. The van der Waals surface area contributed by atoms with E-state index in [9.17, 15) is 15.0 Å². The van der Waals surface area contributed by atoms with Crippen molar-refractivity contribution in [2.45, 2.75) is 45.1 Å². The molecule has 3 rings (SSSR count). The second kappa shape index (κ2) is 7.98.